The first-order chi connectivity index (χ1) is 9.13. The highest BCUT2D eigenvalue weighted by Gasteiger charge is 2.15. The van der Waals surface area contributed by atoms with Crippen molar-refractivity contribution in [2.45, 2.75) is 44.6 Å². The van der Waals surface area contributed by atoms with Crippen LogP contribution in [0.4, 0.5) is 8.78 Å². The number of hydrogen-bond donors (Lipinski definition) is 0. The van der Waals surface area contributed by atoms with Gasteiger partial charge in [0, 0.05) is 25.5 Å². The second-order valence-electron chi connectivity index (χ2n) is 5.02. The molecule has 1 aliphatic rings. The lowest BCUT2D eigenvalue weighted by atomic mass is 10.0. The normalized spacial score (nSPS) is 18.7. The van der Waals surface area contributed by atoms with Gasteiger partial charge in [-0.25, -0.2) is 8.78 Å². The Morgan fingerprint density at radius 2 is 2.00 bits per heavy atom. The average molecular weight is 268 g/mol. The topological polar surface area (TPSA) is 26.3 Å². The van der Waals surface area contributed by atoms with Crippen LogP contribution in [0.1, 0.15) is 37.7 Å². The Bertz CT molecular complexity index is 420. The molecule has 0 saturated carbocycles. The maximum Gasteiger partial charge on any atom is 0.137 e. The van der Waals surface area contributed by atoms with E-state index < -0.39 is 11.6 Å². The standard InChI is InChI=1S/C15H18F2O2/c16-12-7-11(8-13(17)10-12)9-14(18)3-1-4-15-5-2-6-19-15/h7-8,10,15H,1-6,9H2. The molecule has 1 atom stereocenters. The molecule has 0 amide bonds. The summed E-state index contributed by atoms with van der Waals surface area (Å²) in [4.78, 5) is 11.7. The predicted octanol–water partition coefficient (Wildman–Crippen LogP) is 3.43. The van der Waals surface area contributed by atoms with E-state index in [-0.39, 0.29) is 12.2 Å². The third kappa shape index (κ3) is 4.71. The average Bonchev–Trinajstić information content (AvgIpc) is 2.80. The van der Waals surface area contributed by atoms with Crippen LogP contribution in [0.15, 0.2) is 18.2 Å². The highest BCUT2D eigenvalue weighted by Crippen LogP contribution is 2.18. The van der Waals surface area contributed by atoms with Gasteiger partial charge in [-0.3, -0.25) is 4.79 Å². The Balaban J connectivity index is 1.74. The van der Waals surface area contributed by atoms with Gasteiger partial charge in [-0.05, 0) is 43.4 Å². The molecule has 2 rings (SSSR count). The van der Waals surface area contributed by atoms with Crippen LogP contribution in [0.2, 0.25) is 0 Å². The van der Waals surface area contributed by atoms with Crippen molar-refractivity contribution in [2.75, 3.05) is 6.61 Å². The lowest BCUT2D eigenvalue weighted by Gasteiger charge is -2.08. The zero-order valence-corrected chi connectivity index (χ0v) is 10.8. The molecule has 4 heteroatoms. The fourth-order valence-electron chi connectivity index (χ4n) is 2.43. The minimum Gasteiger partial charge on any atom is -0.378 e. The van der Waals surface area contributed by atoms with E-state index in [1.807, 2.05) is 0 Å². The molecule has 0 N–H and O–H groups in total. The molecule has 0 radical (unpaired) electrons. The van der Waals surface area contributed by atoms with E-state index in [4.69, 9.17) is 4.74 Å². The van der Waals surface area contributed by atoms with E-state index in [0.717, 1.165) is 38.4 Å². The fourth-order valence-corrected chi connectivity index (χ4v) is 2.43. The number of carbonyl (C=O) groups excluding carboxylic acids is 1. The molecule has 0 bridgehead atoms. The van der Waals surface area contributed by atoms with Gasteiger partial charge >= 0.3 is 0 Å². The largest absolute Gasteiger partial charge is 0.378 e. The summed E-state index contributed by atoms with van der Waals surface area (Å²) in [6.45, 7) is 0.821. The molecule has 2 nitrogen and oxygen atoms in total. The van der Waals surface area contributed by atoms with Crippen molar-refractivity contribution in [2.24, 2.45) is 0 Å². The van der Waals surface area contributed by atoms with Gasteiger partial charge in [-0.1, -0.05) is 0 Å². The monoisotopic (exact) mass is 268 g/mol. The lowest BCUT2D eigenvalue weighted by Crippen LogP contribution is -2.08. The molecule has 1 saturated heterocycles. The van der Waals surface area contributed by atoms with E-state index in [0.29, 0.717) is 18.1 Å². The quantitative estimate of drug-likeness (QED) is 0.790. The van der Waals surface area contributed by atoms with E-state index in [2.05, 4.69) is 0 Å². The molecule has 0 aliphatic carbocycles. The van der Waals surface area contributed by atoms with Crippen molar-refractivity contribution in [3.05, 3.63) is 35.4 Å². The summed E-state index contributed by atoms with van der Waals surface area (Å²) in [5.74, 6) is -1.26. The zero-order valence-electron chi connectivity index (χ0n) is 10.8. The van der Waals surface area contributed by atoms with E-state index in [1.54, 1.807) is 0 Å². The molecule has 0 aromatic heterocycles. The fraction of sp³-hybridized carbons (Fsp3) is 0.533. The number of carbonyl (C=O) groups is 1. The first-order valence-corrected chi connectivity index (χ1v) is 6.72. The van der Waals surface area contributed by atoms with Crippen molar-refractivity contribution < 1.29 is 18.3 Å². The molecular formula is C15H18F2O2. The van der Waals surface area contributed by atoms with Gasteiger partial charge in [0.25, 0.3) is 0 Å². The summed E-state index contributed by atoms with van der Waals surface area (Å²) in [7, 11) is 0. The van der Waals surface area contributed by atoms with Gasteiger partial charge in [-0.2, -0.15) is 0 Å². The first-order valence-electron chi connectivity index (χ1n) is 6.72. The van der Waals surface area contributed by atoms with Crippen LogP contribution in [-0.2, 0) is 16.0 Å². The maximum atomic E-state index is 13.0. The van der Waals surface area contributed by atoms with Crippen LogP contribution in [-0.4, -0.2) is 18.5 Å². The summed E-state index contributed by atoms with van der Waals surface area (Å²) in [6.07, 6.45) is 4.67. The minimum absolute atomic E-state index is 0.0167. The Hall–Kier alpha value is -1.29. The lowest BCUT2D eigenvalue weighted by molar-refractivity contribution is -0.118. The Kier molecular flexibility index (Phi) is 5.02. The molecule has 1 aliphatic heterocycles. The number of rotatable bonds is 6. The van der Waals surface area contributed by atoms with E-state index >= 15 is 0 Å². The highest BCUT2D eigenvalue weighted by molar-refractivity contribution is 5.80. The number of ketones is 1. The molecule has 104 valence electrons. The van der Waals surface area contributed by atoms with Crippen LogP contribution in [0, 0.1) is 11.6 Å². The number of benzene rings is 1. The third-order valence-electron chi connectivity index (χ3n) is 3.33. The van der Waals surface area contributed by atoms with Gasteiger partial charge in [0.1, 0.15) is 17.4 Å². The van der Waals surface area contributed by atoms with Crippen molar-refractivity contribution >= 4 is 5.78 Å². The van der Waals surface area contributed by atoms with E-state index in [1.165, 1.54) is 12.1 Å². The summed E-state index contributed by atoms with van der Waals surface area (Å²) in [5, 5.41) is 0. The number of halogens is 2. The first kappa shape index (κ1) is 14.1. The molecular weight excluding hydrogens is 250 g/mol. The molecule has 0 spiro atoms. The van der Waals surface area contributed by atoms with Crippen LogP contribution in [0.25, 0.3) is 0 Å². The van der Waals surface area contributed by atoms with Crippen molar-refractivity contribution in [3.63, 3.8) is 0 Å². The SMILES string of the molecule is O=C(CCCC1CCCO1)Cc1cc(F)cc(F)c1. The summed E-state index contributed by atoms with van der Waals surface area (Å²) < 4.78 is 31.4. The van der Waals surface area contributed by atoms with Crippen LogP contribution in [0.5, 0.6) is 0 Å². The number of ether oxygens (including phenoxy) is 1. The summed E-state index contributed by atoms with van der Waals surface area (Å²) >= 11 is 0. The maximum absolute atomic E-state index is 13.0. The molecule has 1 aromatic carbocycles. The minimum atomic E-state index is -0.637. The Morgan fingerprint density at radius 3 is 2.63 bits per heavy atom. The van der Waals surface area contributed by atoms with Crippen molar-refractivity contribution in [3.8, 4) is 0 Å². The van der Waals surface area contributed by atoms with Gasteiger partial charge in [0.15, 0.2) is 0 Å². The second-order valence-corrected chi connectivity index (χ2v) is 5.02. The van der Waals surface area contributed by atoms with Crippen LogP contribution >= 0.6 is 0 Å². The second kappa shape index (κ2) is 6.75. The van der Waals surface area contributed by atoms with Crippen LogP contribution in [0.3, 0.4) is 0 Å². The highest BCUT2D eigenvalue weighted by atomic mass is 19.1. The van der Waals surface area contributed by atoms with Crippen molar-refractivity contribution in [1.82, 2.24) is 0 Å². The van der Waals surface area contributed by atoms with Gasteiger partial charge in [0.05, 0.1) is 6.10 Å². The molecule has 1 heterocycles. The summed E-state index contributed by atoms with van der Waals surface area (Å²) in [6, 6.07) is 3.23. The number of hydrogen-bond acceptors (Lipinski definition) is 2. The smallest absolute Gasteiger partial charge is 0.137 e. The van der Waals surface area contributed by atoms with Gasteiger partial charge in [0.2, 0.25) is 0 Å². The molecule has 19 heavy (non-hydrogen) atoms. The van der Waals surface area contributed by atoms with Crippen molar-refractivity contribution in [1.29, 1.82) is 0 Å². The number of Topliss-reactive ketones (excluding diaryl/α,β-unsaturated/α-hetero) is 1. The molecule has 1 fully saturated rings. The zero-order chi connectivity index (χ0) is 13.7. The molecule has 1 unspecified atom stereocenters. The Morgan fingerprint density at radius 1 is 1.26 bits per heavy atom. The van der Waals surface area contributed by atoms with Gasteiger partial charge in [-0.15, -0.1) is 0 Å². The third-order valence-corrected chi connectivity index (χ3v) is 3.33. The van der Waals surface area contributed by atoms with E-state index in [9.17, 15) is 13.6 Å². The summed E-state index contributed by atoms with van der Waals surface area (Å²) in [5.41, 5.74) is 0.402. The van der Waals surface area contributed by atoms with Crippen LogP contribution < -0.4 is 0 Å². The Labute approximate surface area is 111 Å². The predicted molar refractivity (Wildman–Crippen MR) is 67.9 cm³/mol. The van der Waals surface area contributed by atoms with Gasteiger partial charge < -0.3 is 4.74 Å². The molecule has 1 aromatic rings.